The van der Waals surface area contributed by atoms with E-state index in [1.165, 1.54) is 22.5 Å². The van der Waals surface area contributed by atoms with E-state index in [1.807, 2.05) is 12.4 Å². The standard InChI is InChI=1S/C19H23N5/c1-22-13-10-20-18(22)14-24-11-8-16-17(9-12-24)21-23(2)19(16)15-6-4-3-5-7-15/h3-7,10,13H,8-9,11-12,14H2,1-2H3. The van der Waals surface area contributed by atoms with Crippen molar-refractivity contribution in [2.75, 3.05) is 13.1 Å². The van der Waals surface area contributed by atoms with Crippen molar-refractivity contribution in [3.8, 4) is 11.3 Å². The van der Waals surface area contributed by atoms with Crippen LogP contribution in [0.5, 0.6) is 0 Å². The molecule has 0 unspecified atom stereocenters. The molecule has 0 saturated carbocycles. The number of benzene rings is 1. The van der Waals surface area contributed by atoms with Gasteiger partial charge in [0.1, 0.15) is 5.82 Å². The zero-order valence-corrected chi connectivity index (χ0v) is 14.3. The highest BCUT2D eigenvalue weighted by molar-refractivity contribution is 5.64. The summed E-state index contributed by atoms with van der Waals surface area (Å²) in [6, 6.07) is 10.6. The van der Waals surface area contributed by atoms with Crippen molar-refractivity contribution in [2.24, 2.45) is 14.1 Å². The van der Waals surface area contributed by atoms with Crippen molar-refractivity contribution in [1.82, 2.24) is 24.2 Å². The molecule has 0 bridgehead atoms. The van der Waals surface area contributed by atoms with Gasteiger partial charge in [0, 0.05) is 57.1 Å². The van der Waals surface area contributed by atoms with Crippen LogP contribution in [0.25, 0.3) is 11.3 Å². The Morgan fingerprint density at radius 1 is 1.04 bits per heavy atom. The first-order valence-corrected chi connectivity index (χ1v) is 8.51. The van der Waals surface area contributed by atoms with Crippen LogP contribution in [0.3, 0.4) is 0 Å². The smallest absolute Gasteiger partial charge is 0.122 e. The van der Waals surface area contributed by atoms with Crippen molar-refractivity contribution >= 4 is 0 Å². The topological polar surface area (TPSA) is 38.9 Å². The van der Waals surface area contributed by atoms with Crippen LogP contribution in [0, 0.1) is 0 Å². The van der Waals surface area contributed by atoms with Crippen molar-refractivity contribution in [1.29, 1.82) is 0 Å². The monoisotopic (exact) mass is 321 g/mol. The number of rotatable bonds is 3. The van der Waals surface area contributed by atoms with Crippen LogP contribution in [-0.2, 0) is 33.5 Å². The summed E-state index contributed by atoms with van der Waals surface area (Å²) in [7, 11) is 4.12. The van der Waals surface area contributed by atoms with E-state index in [2.05, 4.69) is 63.6 Å². The van der Waals surface area contributed by atoms with E-state index in [4.69, 9.17) is 5.10 Å². The summed E-state index contributed by atoms with van der Waals surface area (Å²) >= 11 is 0. The van der Waals surface area contributed by atoms with Gasteiger partial charge in [-0.1, -0.05) is 30.3 Å². The molecule has 0 amide bonds. The predicted octanol–water partition coefficient (Wildman–Crippen LogP) is 2.42. The summed E-state index contributed by atoms with van der Waals surface area (Å²) in [5.41, 5.74) is 5.18. The van der Waals surface area contributed by atoms with Crippen LogP contribution in [-0.4, -0.2) is 37.3 Å². The molecular formula is C19H23N5. The van der Waals surface area contributed by atoms with Gasteiger partial charge in [0.05, 0.1) is 17.9 Å². The Labute approximate surface area is 142 Å². The third-order valence-corrected chi connectivity index (χ3v) is 4.90. The average molecular weight is 321 g/mol. The van der Waals surface area contributed by atoms with Crippen molar-refractivity contribution in [3.05, 3.63) is 59.8 Å². The summed E-state index contributed by atoms with van der Waals surface area (Å²) in [6.07, 6.45) is 5.92. The first-order valence-electron chi connectivity index (χ1n) is 8.51. The molecule has 4 rings (SSSR count). The van der Waals surface area contributed by atoms with Crippen LogP contribution in [0.2, 0.25) is 0 Å². The lowest BCUT2D eigenvalue weighted by molar-refractivity contribution is 0.268. The van der Waals surface area contributed by atoms with Gasteiger partial charge in [0.2, 0.25) is 0 Å². The van der Waals surface area contributed by atoms with E-state index in [1.54, 1.807) is 0 Å². The minimum atomic E-state index is 0.903. The Balaban J connectivity index is 1.58. The summed E-state index contributed by atoms with van der Waals surface area (Å²) in [6.45, 7) is 2.98. The van der Waals surface area contributed by atoms with Crippen LogP contribution in [0.1, 0.15) is 17.1 Å². The van der Waals surface area contributed by atoms with Crippen molar-refractivity contribution in [3.63, 3.8) is 0 Å². The van der Waals surface area contributed by atoms with Crippen LogP contribution < -0.4 is 0 Å². The van der Waals surface area contributed by atoms with Crippen molar-refractivity contribution < 1.29 is 0 Å². The molecule has 0 radical (unpaired) electrons. The van der Waals surface area contributed by atoms with Gasteiger partial charge in [-0.2, -0.15) is 5.10 Å². The molecule has 0 spiro atoms. The number of hydrogen-bond acceptors (Lipinski definition) is 3. The molecule has 0 fully saturated rings. The van der Waals surface area contributed by atoms with Gasteiger partial charge in [-0.15, -0.1) is 0 Å². The minimum Gasteiger partial charge on any atom is -0.337 e. The fourth-order valence-corrected chi connectivity index (χ4v) is 3.60. The number of imidazole rings is 1. The lowest BCUT2D eigenvalue weighted by Crippen LogP contribution is -2.27. The van der Waals surface area contributed by atoms with Gasteiger partial charge >= 0.3 is 0 Å². The van der Waals surface area contributed by atoms with E-state index >= 15 is 0 Å². The molecule has 124 valence electrons. The molecule has 5 nitrogen and oxygen atoms in total. The number of fused-ring (bicyclic) bond motifs is 1. The van der Waals surface area contributed by atoms with Gasteiger partial charge in [-0.05, 0) is 6.42 Å². The molecule has 0 aliphatic carbocycles. The van der Waals surface area contributed by atoms with Crippen molar-refractivity contribution in [2.45, 2.75) is 19.4 Å². The lowest BCUT2D eigenvalue weighted by atomic mass is 10.0. The Morgan fingerprint density at radius 3 is 2.58 bits per heavy atom. The second-order valence-corrected chi connectivity index (χ2v) is 6.49. The minimum absolute atomic E-state index is 0.903. The van der Waals surface area contributed by atoms with E-state index in [0.29, 0.717) is 0 Å². The maximum atomic E-state index is 4.81. The normalized spacial score (nSPS) is 15.2. The summed E-state index contributed by atoms with van der Waals surface area (Å²) in [4.78, 5) is 6.94. The van der Waals surface area contributed by atoms with Gasteiger partial charge in [0.25, 0.3) is 0 Å². The molecular weight excluding hydrogens is 298 g/mol. The van der Waals surface area contributed by atoms with Crippen LogP contribution in [0.15, 0.2) is 42.7 Å². The van der Waals surface area contributed by atoms with E-state index in [9.17, 15) is 0 Å². The van der Waals surface area contributed by atoms with E-state index in [0.717, 1.165) is 38.3 Å². The highest BCUT2D eigenvalue weighted by atomic mass is 15.3. The van der Waals surface area contributed by atoms with E-state index in [-0.39, 0.29) is 0 Å². The fraction of sp³-hybridized carbons (Fsp3) is 0.368. The van der Waals surface area contributed by atoms with Crippen LogP contribution in [0.4, 0.5) is 0 Å². The molecule has 1 aliphatic rings. The van der Waals surface area contributed by atoms with Gasteiger partial charge in [0.15, 0.2) is 0 Å². The van der Waals surface area contributed by atoms with Gasteiger partial charge < -0.3 is 4.57 Å². The summed E-state index contributed by atoms with van der Waals surface area (Å²) < 4.78 is 4.15. The second kappa shape index (κ2) is 6.24. The molecule has 3 aromatic rings. The zero-order chi connectivity index (χ0) is 16.5. The SMILES string of the molecule is Cn1ccnc1CN1CCc2nn(C)c(-c3ccccc3)c2CC1. The number of hydrogen-bond donors (Lipinski definition) is 0. The Morgan fingerprint density at radius 2 is 1.83 bits per heavy atom. The third kappa shape index (κ3) is 2.76. The fourth-order valence-electron chi connectivity index (χ4n) is 3.60. The van der Waals surface area contributed by atoms with Gasteiger partial charge in [-0.3, -0.25) is 9.58 Å². The highest BCUT2D eigenvalue weighted by Gasteiger charge is 2.22. The van der Waals surface area contributed by atoms with E-state index < -0.39 is 0 Å². The lowest BCUT2D eigenvalue weighted by Gasteiger charge is -2.19. The Kier molecular flexibility index (Phi) is 3.94. The molecule has 3 heterocycles. The quantitative estimate of drug-likeness (QED) is 0.744. The molecule has 0 saturated heterocycles. The Bertz CT molecular complexity index is 831. The second-order valence-electron chi connectivity index (χ2n) is 6.49. The molecule has 5 heteroatoms. The molecule has 0 N–H and O–H groups in total. The third-order valence-electron chi connectivity index (χ3n) is 4.90. The molecule has 1 aromatic carbocycles. The molecule has 2 aromatic heterocycles. The van der Waals surface area contributed by atoms with Crippen LogP contribution >= 0.6 is 0 Å². The largest absolute Gasteiger partial charge is 0.337 e. The predicted molar refractivity (Wildman–Crippen MR) is 94.5 cm³/mol. The maximum absolute atomic E-state index is 4.81. The first-order chi connectivity index (χ1) is 11.7. The highest BCUT2D eigenvalue weighted by Crippen LogP contribution is 2.28. The van der Waals surface area contributed by atoms with Gasteiger partial charge in [-0.25, -0.2) is 4.98 Å². The average Bonchev–Trinajstić information content (AvgIpc) is 3.07. The number of aromatic nitrogens is 4. The maximum Gasteiger partial charge on any atom is 0.122 e. The number of aryl methyl sites for hydroxylation is 2. The summed E-state index contributed by atoms with van der Waals surface area (Å²) in [5, 5.41) is 4.81. The molecule has 0 atom stereocenters. The Hall–Kier alpha value is -2.40. The molecule has 1 aliphatic heterocycles. The summed E-state index contributed by atoms with van der Waals surface area (Å²) in [5.74, 6) is 1.12. The number of nitrogens with zero attached hydrogens (tertiary/aromatic N) is 5. The first kappa shape index (κ1) is 15.1. The zero-order valence-electron chi connectivity index (χ0n) is 14.3. The molecule has 24 heavy (non-hydrogen) atoms.